The van der Waals surface area contributed by atoms with Crippen molar-refractivity contribution in [2.24, 2.45) is 5.92 Å². The minimum atomic E-state index is 0.0803. The monoisotopic (exact) mass is 355 g/mol. The van der Waals surface area contributed by atoms with E-state index in [4.69, 9.17) is 4.74 Å². The fourth-order valence-corrected chi connectivity index (χ4v) is 4.16. The second-order valence-electron chi connectivity index (χ2n) is 6.45. The number of likely N-dealkylation sites (tertiary alicyclic amines) is 1. The molecule has 0 radical (unpaired) electrons. The summed E-state index contributed by atoms with van der Waals surface area (Å²) in [7, 11) is 1.71. The van der Waals surface area contributed by atoms with E-state index in [1.54, 1.807) is 18.9 Å². The van der Waals surface area contributed by atoms with Crippen LogP contribution in [0.15, 0.2) is 53.4 Å². The lowest BCUT2D eigenvalue weighted by molar-refractivity contribution is 0.0808. The zero-order valence-electron chi connectivity index (χ0n) is 14.9. The molecular weight excluding hydrogens is 330 g/mol. The number of carbonyl (C=O) groups excluding carboxylic acids is 1. The van der Waals surface area contributed by atoms with Gasteiger partial charge in [0.15, 0.2) is 5.78 Å². The first-order valence-corrected chi connectivity index (χ1v) is 9.97. The zero-order chi connectivity index (χ0) is 17.6. The van der Waals surface area contributed by atoms with Crippen LogP contribution in [0.5, 0.6) is 5.75 Å². The third-order valence-corrected chi connectivity index (χ3v) is 5.63. The molecule has 0 spiro atoms. The standard InChI is InChI=1S/C21H25NO2S/c1-24-19-11-5-3-8-16(19)14-22-13-7-9-17(15-22)21(23)18-10-4-6-12-20(18)25-2/h3-6,8,10-12,17H,7,9,13-15H2,1-2H3/t17-/m0/s1. The Morgan fingerprint density at radius 1 is 1.20 bits per heavy atom. The number of hydrogen-bond donors (Lipinski definition) is 0. The average Bonchev–Trinajstić information content (AvgIpc) is 2.68. The first-order valence-electron chi connectivity index (χ1n) is 8.74. The first kappa shape index (κ1) is 18.0. The van der Waals surface area contributed by atoms with Crippen molar-refractivity contribution in [1.29, 1.82) is 0 Å². The molecule has 0 aliphatic carbocycles. The third kappa shape index (κ3) is 4.25. The normalized spacial score (nSPS) is 18.1. The van der Waals surface area contributed by atoms with Gasteiger partial charge in [0.25, 0.3) is 0 Å². The van der Waals surface area contributed by atoms with Crippen molar-refractivity contribution in [2.75, 3.05) is 26.5 Å². The van der Waals surface area contributed by atoms with Crippen LogP contribution in [0, 0.1) is 5.92 Å². The van der Waals surface area contributed by atoms with E-state index in [1.807, 2.05) is 48.7 Å². The van der Waals surface area contributed by atoms with Crippen LogP contribution < -0.4 is 4.74 Å². The highest BCUT2D eigenvalue weighted by Crippen LogP contribution is 2.28. The molecule has 2 aromatic rings. The maximum Gasteiger partial charge on any atom is 0.168 e. The summed E-state index contributed by atoms with van der Waals surface area (Å²) in [5.74, 6) is 1.29. The van der Waals surface area contributed by atoms with Crippen LogP contribution >= 0.6 is 11.8 Å². The van der Waals surface area contributed by atoms with Crippen molar-refractivity contribution in [2.45, 2.75) is 24.3 Å². The number of piperidine rings is 1. The Morgan fingerprint density at radius 2 is 1.96 bits per heavy atom. The van der Waals surface area contributed by atoms with Crippen LogP contribution in [-0.2, 0) is 6.54 Å². The summed E-state index contributed by atoms with van der Waals surface area (Å²) in [4.78, 5) is 16.5. The van der Waals surface area contributed by atoms with Crippen molar-refractivity contribution >= 4 is 17.5 Å². The molecule has 0 aromatic heterocycles. The van der Waals surface area contributed by atoms with Crippen molar-refractivity contribution in [1.82, 2.24) is 4.90 Å². The summed E-state index contributed by atoms with van der Waals surface area (Å²) < 4.78 is 5.46. The summed E-state index contributed by atoms with van der Waals surface area (Å²) in [6.45, 7) is 2.68. The highest BCUT2D eigenvalue weighted by molar-refractivity contribution is 7.98. The molecule has 0 saturated carbocycles. The Morgan fingerprint density at radius 3 is 2.76 bits per heavy atom. The number of rotatable bonds is 6. The van der Waals surface area contributed by atoms with Gasteiger partial charge in [-0.15, -0.1) is 11.8 Å². The molecule has 0 amide bonds. The summed E-state index contributed by atoms with van der Waals surface area (Å²) in [5.41, 5.74) is 2.06. The lowest BCUT2D eigenvalue weighted by atomic mass is 9.89. The smallest absolute Gasteiger partial charge is 0.168 e. The van der Waals surface area contributed by atoms with Crippen LogP contribution in [0.3, 0.4) is 0 Å². The predicted octanol–water partition coefficient (Wildman–Crippen LogP) is 4.51. The molecule has 3 rings (SSSR count). The summed E-state index contributed by atoms with van der Waals surface area (Å²) in [5, 5.41) is 0. The number of ether oxygens (including phenoxy) is 1. The van der Waals surface area contributed by atoms with Gasteiger partial charge < -0.3 is 4.74 Å². The predicted molar refractivity (Wildman–Crippen MR) is 104 cm³/mol. The number of benzene rings is 2. The molecule has 4 heteroatoms. The number of hydrogen-bond acceptors (Lipinski definition) is 4. The van der Waals surface area contributed by atoms with Gasteiger partial charge in [0.05, 0.1) is 7.11 Å². The first-order chi connectivity index (χ1) is 12.2. The van der Waals surface area contributed by atoms with Crippen molar-refractivity contribution < 1.29 is 9.53 Å². The molecule has 0 N–H and O–H groups in total. The van der Waals surface area contributed by atoms with Gasteiger partial charge in [-0.3, -0.25) is 9.69 Å². The lowest BCUT2D eigenvalue weighted by Crippen LogP contribution is -2.38. The maximum atomic E-state index is 13.0. The zero-order valence-corrected chi connectivity index (χ0v) is 15.7. The summed E-state index contributed by atoms with van der Waals surface area (Å²) >= 11 is 1.65. The molecule has 1 saturated heterocycles. The Balaban J connectivity index is 1.71. The molecule has 1 atom stereocenters. The molecule has 132 valence electrons. The molecule has 3 nitrogen and oxygen atoms in total. The van der Waals surface area contributed by atoms with Crippen LogP contribution in [-0.4, -0.2) is 37.1 Å². The van der Waals surface area contributed by atoms with Crippen molar-refractivity contribution in [3.63, 3.8) is 0 Å². The van der Waals surface area contributed by atoms with E-state index < -0.39 is 0 Å². The Kier molecular flexibility index (Phi) is 6.16. The van der Waals surface area contributed by atoms with Gasteiger partial charge in [-0.1, -0.05) is 36.4 Å². The fourth-order valence-electron chi connectivity index (χ4n) is 3.56. The van der Waals surface area contributed by atoms with E-state index in [9.17, 15) is 4.79 Å². The number of methoxy groups -OCH3 is 1. The van der Waals surface area contributed by atoms with Gasteiger partial charge in [-0.2, -0.15) is 0 Å². The van der Waals surface area contributed by atoms with Gasteiger partial charge >= 0.3 is 0 Å². The second-order valence-corrected chi connectivity index (χ2v) is 7.30. The number of thioether (sulfide) groups is 1. The molecule has 25 heavy (non-hydrogen) atoms. The van der Waals surface area contributed by atoms with Crippen LogP contribution in [0.4, 0.5) is 0 Å². The van der Waals surface area contributed by atoms with E-state index in [2.05, 4.69) is 11.0 Å². The van der Waals surface area contributed by atoms with E-state index in [0.717, 1.165) is 48.7 Å². The molecule has 1 aliphatic heterocycles. The Hall–Kier alpha value is -1.78. The van der Waals surface area contributed by atoms with Crippen LogP contribution in [0.25, 0.3) is 0 Å². The number of nitrogens with zero attached hydrogens (tertiary/aromatic N) is 1. The van der Waals surface area contributed by atoms with E-state index in [0.29, 0.717) is 0 Å². The van der Waals surface area contributed by atoms with E-state index in [-0.39, 0.29) is 11.7 Å². The van der Waals surface area contributed by atoms with Crippen LogP contribution in [0.2, 0.25) is 0 Å². The average molecular weight is 356 g/mol. The van der Waals surface area contributed by atoms with Gasteiger partial charge in [-0.05, 0) is 37.8 Å². The highest BCUT2D eigenvalue weighted by atomic mass is 32.2. The fraction of sp³-hybridized carbons (Fsp3) is 0.381. The summed E-state index contributed by atoms with van der Waals surface area (Å²) in [6.07, 6.45) is 4.07. The van der Waals surface area contributed by atoms with Gasteiger partial charge in [-0.25, -0.2) is 0 Å². The topological polar surface area (TPSA) is 29.5 Å². The number of carbonyl (C=O) groups is 1. The number of Topliss-reactive ketones (excluding diaryl/α,β-unsaturated/α-hetero) is 1. The van der Waals surface area contributed by atoms with Gasteiger partial charge in [0.2, 0.25) is 0 Å². The minimum Gasteiger partial charge on any atom is -0.496 e. The molecular formula is C21H25NO2S. The molecule has 1 aliphatic rings. The Labute approximate surface area is 154 Å². The molecule has 2 aromatic carbocycles. The second kappa shape index (κ2) is 8.54. The molecule has 1 heterocycles. The minimum absolute atomic E-state index is 0.0803. The lowest BCUT2D eigenvalue weighted by Gasteiger charge is -2.32. The molecule has 0 bridgehead atoms. The highest BCUT2D eigenvalue weighted by Gasteiger charge is 2.28. The van der Waals surface area contributed by atoms with Crippen LogP contribution in [0.1, 0.15) is 28.8 Å². The number of para-hydroxylation sites is 1. The number of ketones is 1. The quantitative estimate of drug-likeness (QED) is 0.563. The Bertz CT molecular complexity index is 731. The van der Waals surface area contributed by atoms with Gasteiger partial charge in [0, 0.05) is 35.0 Å². The van der Waals surface area contributed by atoms with Gasteiger partial charge in [0.1, 0.15) is 5.75 Å². The molecule has 1 fully saturated rings. The maximum absolute atomic E-state index is 13.0. The van der Waals surface area contributed by atoms with Crippen molar-refractivity contribution in [3.8, 4) is 5.75 Å². The van der Waals surface area contributed by atoms with E-state index in [1.165, 1.54) is 5.56 Å². The third-order valence-electron chi connectivity index (χ3n) is 4.84. The SMILES string of the molecule is COc1ccccc1CN1CCC[C@H](C(=O)c2ccccc2SC)C1. The van der Waals surface area contributed by atoms with Crippen molar-refractivity contribution in [3.05, 3.63) is 59.7 Å². The largest absolute Gasteiger partial charge is 0.496 e. The summed E-state index contributed by atoms with van der Waals surface area (Å²) in [6, 6.07) is 16.1. The van der Waals surface area contributed by atoms with E-state index >= 15 is 0 Å². The molecule has 0 unspecified atom stereocenters.